The van der Waals surface area contributed by atoms with E-state index in [-0.39, 0.29) is 29.7 Å². The molecular weight excluding hydrogens is 341 g/mol. The van der Waals surface area contributed by atoms with E-state index < -0.39 is 0 Å². The summed E-state index contributed by atoms with van der Waals surface area (Å²) in [5.41, 5.74) is 3.18. The van der Waals surface area contributed by atoms with E-state index in [1.165, 1.54) is 19.2 Å². The van der Waals surface area contributed by atoms with Gasteiger partial charge in [0.2, 0.25) is 0 Å². The third kappa shape index (κ3) is 2.61. The number of benzene rings is 2. The van der Waals surface area contributed by atoms with Crippen molar-refractivity contribution in [2.45, 2.75) is 18.4 Å². The zero-order valence-electron chi connectivity index (χ0n) is 13.6. The van der Waals surface area contributed by atoms with E-state index in [1.807, 2.05) is 0 Å². The highest BCUT2D eigenvalue weighted by Gasteiger charge is 2.40. The zero-order valence-corrected chi connectivity index (χ0v) is 14.4. The number of carbonyl (C=O) groups is 1. The standard InChI is InChI=1S/C20H17ClFNO2/c1-25-20(24)15-9-10-16(21)19-17(15)13-3-2-4-14(13)18(23-19)11-5-7-12(22)8-6-11/h2-3,5-10,13-14,18,23H,4H2,1H3/t13-,14-,18+/m1/s1. The van der Waals surface area contributed by atoms with Crippen LogP contribution in [0.2, 0.25) is 5.02 Å². The van der Waals surface area contributed by atoms with Crippen LogP contribution in [-0.4, -0.2) is 13.1 Å². The number of hydrogen-bond acceptors (Lipinski definition) is 3. The predicted molar refractivity (Wildman–Crippen MR) is 95.5 cm³/mol. The summed E-state index contributed by atoms with van der Waals surface area (Å²) in [6.07, 6.45) is 5.14. The first-order chi connectivity index (χ1) is 12.1. The minimum atomic E-state index is -0.367. The summed E-state index contributed by atoms with van der Waals surface area (Å²) in [5, 5.41) is 4.05. The molecule has 0 unspecified atom stereocenters. The van der Waals surface area contributed by atoms with Gasteiger partial charge in [0.05, 0.1) is 29.4 Å². The summed E-state index contributed by atoms with van der Waals surface area (Å²) >= 11 is 6.43. The fraction of sp³-hybridized carbons (Fsp3) is 0.250. The maximum Gasteiger partial charge on any atom is 0.338 e. The Labute approximate surface area is 150 Å². The summed E-state index contributed by atoms with van der Waals surface area (Å²) in [4.78, 5) is 12.2. The summed E-state index contributed by atoms with van der Waals surface area (Å²) < 4.78 is 18.2. The third-order valence-electron chi connectivity index (χ3n) is 5.10. The Kier molecular flexibility index (Phi) is 4.00. The number of anilines is 1. The number of methoxy groups -OCH3 is 1. The van der Waals surface area contributed by atoms with E-state index >= 15 is 0 Å². The first-order valence-electron chi connectivity index (χ1n) is 8.19. The maximum atomic E-state index is 13.3. The van der Waals surface area contributed by atoms with E-state index in [4.69, 9.17) is 16.3 Å². The Bertz CT molecular complexity index is 863. The number of nitrogens with one attached hydrogen (secondary N) is 1. The SMILES string of the molecule is COC(=O)c1ccc(Cl)c2c1[C@@H]1C=CC[C@H]1[C@H](c1ccc(F)cc1)N2. The van der Waals surface area contributed by atoms with Gasteiger partial charge in [0, 0.05) is 5.92 Å². The second kappa shape index (κ2) is 6.19. The molecule has 0 bridgehead atoms. The molecule has 1 N–H and O–H groups in total. The summed E-state index contributed by atoms with van der Waals surface area (Å²) in [5.74, 6) is -0.319. The Morgan fingerprint density at radius 3 is 2.72 bits per heavy atom. The molecule has 4 rings (SSSR count). The average Bonchev–Trinajstić information content (AvgIpc) is 3.11. The molecule has 1 heterocycles. The lowest BCUT2D eigenvalue weighted by atomic mass is 9.75. The molecule has 0 spiro atoms. The van der Waals surface area contributed by atoms with Gasteiger partial charge < -0.3 is 10.1 Å². The third-order valence-corrected chi connectivity index (χ3v) is 5.42. The molecule has 0 saturated heterocycles. The van der Waals surface area contributed by atoms with E-state index in [9.17, 15) is 9.18 Å². The van der Waals surface area contributed by atoms with Gasteiger partial charge in [0.1, 0.15) is 5.82 Å². The first-order valence-corrected chi connectivity index (χ1v) is 8.57. The summed E-state index contributed by atoms with van der Waals surface area (Å²) in [6, 6.07) is 9.96. The average molecular weight is 358 g/mol. The lowest BCUT2D eigenvalue weighted by molar-refractivity contribution is 0.0598. The summed E-state index contributed by atoms with van der Waals surface area (Å²) in [7, 11) is 1.38. The predicted octanol–water partition coefficient (Wildman–Crippen LogP) is 5.09. The van der Waals surface area contributed by atoms with E-state index in [1.54, 1.807) is 24.3 Å². The Morgan fingerprint density at radius 1 is 1.24 bits per heavy atom. The zero-order chi connectivity index (χ0) is 17.6. The van der Waals surface area contributed by atoms with Crippen LogP contribution in [0.5, 0.6) is 0 Å². The van der Waals surface area contributed by atoms with Crippen LogP contribution in [0.15, 0.2) is 48.6 Å². The number of rotatable bonds is 2. The van der Waals surface area contributed by atoms with E-state index in [0.29, 0.717) is 10.6 Å². The molecule has 1 aliphatic carbocycles. The molecule has 3 nitrogen and oxygen atoms in total. The molecule has 2 aromatic rings. The van der Waals surface area contributed by atoms with Gasteiger partial charge in [-0.25, -0.2) is 9.18 Å². The second-order valence-electron chi connectivity index (χ2n) is 6.40. The van der Waals surface area contributed by atoms with Crippen molar-refractivity contribution in [1.82, 2.24) is 0 Å². The van der Waals surface area contributed by atoms with Crippen LogP contribution in [0.4, 0.5) is 10.1 Å². The highest BCUT2D eigenvalue weighted by molar-refractivity contribution is 6.33. The van der Waals surface area contributed by atoms with Crippen molar-refractivity contribution in [3.63, 3.8) is 0 Å². The van der Waals surface area contributed by atoms with Crippen LogP contribution in [0, 0.1) is 11.7 Å². The molecule has 0 aromatic heterocycles. The van der Waals surface area contributed by atoms with Gasteiger partial charge in [0.25, 0.3) is 0 Å². The van der Waals surface area contributed by atoms with Gasteiger partial charge in [-0.2, -0.15) is 0 Å². The molecule has 1 aliphatic heterocycles. The van der Waals surface area contributed by atoms with Crippen molar-refractivity contribution < 1.29 is 13.9 Å². The molecule has 0 saturated carbocycles. The van der Waals surface area contributed by atoms with Crippen molar-refractivity contribution in [2.75, 3.05) is 12.4 Å². The van der Waals surface area contributed by atoms with Crippen molar-refractivity contribution in [3.8, 4) is 0 Å². The number of fused-ring (bicyclic) bond motifs is 3. The topological polar surface area (TPSA) is 38.3 Å². The molecule has 5 heteroatoms. The molecule has 128 valence electrons. The van der Waals surface area contributed by atoms with Gasteiger partial charge >= 0.3 is 5.97 Å². The van der Waals surface area contributed by atoms with Gasteiger partial charge in [-0.15, -0.1) is 0 Å². The van der Waals surface area contributed by atoms with E-state index in [2.05, 4.69) is 17.5 Å². The molecule has 0 amide bonds. The van der Waals surface area contributed by atoms with Gasteiger partial charge in [-0.05, 0) is 47.7 Å². The van der Waals surface area contributed by atoms with Crippen LogP contribution in [0.25, 0.3) is 0 Å². The Morgan fingerprint density at radius 2 is 2.00 bits per heavy atom. The lowest BCUT2D eigenvalue weighted by Crippen LogP contribution is -2.30. The largest absolute Gasteiger partial charge is 0.465 e. The van der Waals surface area contributed by atoms with Crippen molar-refractivity contribution in [3.05, 3.63) is 76.1 Å². The summed E-state index contributed by atoms with van der Waals surface area (Å²) in [6.45, 7) is 0. The highest BCUT2D eigenvalue weighted by atomic mass is 35.5. The number of halogens is 2. The molecule has 2 aromatic carbocycles. The lowest BCUT2D eigenvalue weighted by Gasteiger charge is -2.38. The van der Waals surface area contributed by atoms with Gasteiger partial charge in [0.15, 0.2) is 0 Å². The monoisotopic (exact) mass is 357 g/mol. The molecule has 0 radical (unpaired) electrons. The van der Waals surface area contributed by atoms with Crippen LogP contribution in [0.1, 0.15) is 39.9 Å². The smallest absolute Gasteiger partial charge is 0.338 e. The van der Waals surface area contributed by atoms with Crippen LogP contribution < -0.4 is 5.32 Å². The highest BCUT2D eigenvalue weighted by Crippen LogP contribution is 2.52. The normalized spacial score (nSPS) is 23.6. The number of carbonyl (C=O) groups excluding carboxylic acids is 1. The number of esters is 1. The quantitative estimate of drug-likeness (QED) is 0.600. The van der Waals surface area contributed by atoms with Crippen LogP contribution >= 0.6 is 11.6 Å². The van der Waals surface area contributed by atoms with Crippen molar-refractivity contribution in [1.29, 1.82) is 0 Å². The Balaban J connectivity index is 1.85. The van der Waals surface area contributed by atoms with Gasteiger partial charge in [-0.1, -0.05) is 35.9 Å². The maximum absolute atomic E-state index is 13.3. The minimum Gasteiger partial charge on any atom is -0.465 e. The minimum absolute atomic E-state index is 0.00139. The first kappa shape index (κ1) is 16.2. The second-order valence-corrected chi connectivity index (χ2v) is 6.81. The van der Waals surface area contributed by atoms with Crippen molar-refractivity contribution in [2.24, 2.45) is 5.92 Å². The number of ether oxygens (including phenoxy) is 1. The molecular formula is C20H17ClFNO2. The molecule has 25 heavy (non-hydrogen) atoms. The number of allylic oxidation sites excluding steroid dienone is 2. The van der Waals surface area contributed by atoms with Crippen LogP contribution in [-0.2, 0) is 4.74 Å². The number of hydrogen-bond donors (Lipinski definition) is 1. The van der Waals surface area contributed by atoms with Crippen LogP contribution in [0.3, 0.4) is 0 Å². The molecule has 3 atom stereocenters. The molecule has 0 fully saturated rings. The van der Waals surface area contributed by atoms with Crippen molar-refractivity contribution >= 4 is 23.3 Å². The van der Waals surface area contributed by atoms with E-state index in [0.717, 1.165) is 23.2 Å². The van der Waals surface area contributed by atoms with Gasteiger partial charge in [-0.3, -0.25) is 0 Å². The Hall–Kier alpha value is -2.33. The molecule has 2 aliphatic rings. The fourth-order valence-corrected chi connectivity index (χ4v) is 4.18. The fourth-order valence-electron chi connectivity index (χ4n) is 3.96.